The van der Waals surface area contributed by atoms with E-state index in [0.717, 1.165) is 0 Å². The van der Waals surface area contributed by atoms with E-state index < -0.39 is 17.7 Å². The summed E-state index contributed by atoms with van der Waals surface area (Å²) in [6, 6.07) is -0.565. The monoisotopic (exact) mass is 244 g/mol. The van der Waals surface area contributed by atoms with Gasteiger partial charge < -0.3 is 15.4 Å². The van der Waals surface area contributed by atoms with Gasteiger partial charge in [0.1, 0.15) is 11.6 Å². The molecule has 0 heterocycles. The first-order valence-electron chi connectivity index (χ1n) is 5.94. The number of ether oxygens (including phenoxy) is 1. The van der Waals surface area contributed by atoms with E-state index in [4.69, 9.17) is 4.74 Å². The van der Waals surface area contributed by atoms with Gasteiger partial charge in [-0.05, 0) is 33.6 Å². The van der Waals surface area contributed by atoms with Gasteiger partial charge in [0.05, 0.1) is 0 Å². The summed E-state index contributed by atoms with van der Waals surface area (Å²) in [6.45, 7) is 11.5. The van der Waals surface area contributed by atoms with Crippen LogP contribution in [-0.4, -0.2) is 30.2 Å². The Morgan fingerprint density at radius 1 is 1.24 bits per heavy atom. The minimum atomic E-state index is -0.567. The quantitative estimate of drug-likeness (QED) is 0.790. The van der Waals surface area contributed by atoms with E-state index in [2.05, 4.69) is 10.6 Å². The van der Waals surface area contributed by atoms with Crippen LogP contribution in [-0.2, 0) is 9.53 Å². The van der Waals surface area contributed by atoms with Crippen LogP contribution in [0.5, 0.6) is 0 Å². The minimum absolute atomic E-state index is 0.00840. The fourth-order valence-electron chi connectivity index (χ4n) is 1.25. The van der Waals surface area contributed by atoms with Crippen LogP contribution in [0.3, 0.4) is 0 Å². The molecule has 1 atom stereocenters. The summed E-state index contributed by atoms with van der Waals surface area (Å²) in [7, 11) is 0. The highest BCUT2D eigenvalue weighted by atomic mass is 16.6. The van der Waals surface area contributed by atoms with Crippen LogP contribution in [0.4, 0.5) is 4.79 Å². The molecule has 2 N–H and O–H groups in total. The molecule has 0 spiro atoms. The smallest absolute Gasteiger partial charge is 0.408 e. The summed E-state index contributed by atoms with van der Waals surface area (Å²) in [5.41, 5.74) is -0.563. The van der Waals surface area contributed by atoms with Gasteiger partial charge in [-0.15, -0.1) is 0 Å². The third kappa shape index (κ3) is 6.81. The van der Waals surface area contributed by atoms with Crippen molar-refractivity contribution in [2.45, 2.75) is 53.2 Å². The molecule has 0 bridgehead atoms. The van der Waals surface area contributed by atoms with Crippen LogP contribution >= 0.6 is 0 Å². The molecule has 100 valence electrons. The molecule has 0 aromatic heterocycles. The summed E-state index contributed by atoms with van der Waals surface area (Å²) < 4.78 is 5.12. The Hall–Kier alpha value is -1.26. The van der Waals surface area contributed by atoms with E-state index in [1.807, 2.05) is 20.8 Å². The SMILES string of the molecule is CCNC(=O)C(NC(=O)OC(C)(C)C)C(C)C. The second-order valence-electron chi connectivity index (χ2n) is 5.26. The Kier molecular flexibility index (Phi) is 5.99. The van der Waals surface area contributed by atoms with E-state index in [1.165, 1.54) is 0 Å². The van der Waals surface area contributed by atoms with Gasteiger partial charge in [0.2, 0.25) is 5.91 Å². The normalized spacial score (nSPS) is 13.1. The molecule has 0 rings (SSSR count). The average Bonchev–Trinajstić information content (AvgIpc) is 2.11. The first-order valence-corrected chi connectivity index (χ1v) is 5.94. The maximum atomic E-state index is 11.7. The molecule has 0 radical (unpaired) electrons. The van der Waals surface area contributed by atoms with E-state index in [-0.39, 0.29) is 11.8 Å². The number of hydrogen-bond donors (Lipinski definition) is 2. The number of rotatable bonds is 4. The summed E-state index contributed by atoms with van der Waals surface area (Å²) in [6.07, 6.45) is -0.567. The Morgan fingerprint density at radius 2 is 1.76 bits per heavy atom. The summed E-state index contributed by atoms with van der Waals surface area (Å²) >= 11 is 0. The van der Waals surface area contributed by atoms with Crippen molar-refractivity contribution in [3.05, 3.63) is 0 Å². The minimum Gasteiger partial charge on any atom is -0.444 e. The van der Waals surface area contributed by atoms with E-state index in [9.17, 15) is 9.59 Å². The highest BCUT2D eigenvalue weighted by Crippen LogP contribution is 2.08. The van der Waals surface area contributed by atoms with Crippen LogP contribution in [0.1, 0.15) is 41.5 Å². The van der Waals surface area contributed by atoms with Crippen LogP contribution in [0, 0.1) is 5.92 Å². The largest absolute Gasteiger partial charge is 0.444 e. The van der Waals surface area contributed by atoms with Crippen molar-refractivity contribution in [3.8, 4) is 0 Å². The second-order valence-corrected chi connectivity index (χ2v) is 5.26. The predicted molar refractivity (Wildman–Crippen MR) is 66.7 cm³/mol. The maximum absolute atomic E-state index is 11.7. The van der Waals surface area contributed by atoms with Crippen molar-refractivity contribution in [1.82, 2.24) is 10.6 Å². The Morgan fingerprint density at radius 3 is 2.12 bits per heavy atom. The van der Waals surface area contributed by atoms with Gasteiger partial charge in [-0.3, -0.25) is 4.79 Å². The maximum Gasteiger partial charge on any atom is 0.408 e. The van der Waals surface area contributed by atoms with Crippen molar-refractivity contribution in [1.29, 1.82) is 0 Å². The fourth-order valence-corrected chi connectivity index (χ4v) is 1.25. The molecule has 2 amide bonds. The topological polar surface area (TPSA) is 67.4 Å². The lowest BCUT2D eigenvalue weighted by atomic mass is 10.0. The first kappa shape index (κ1) is 15.7. The molecular weight excluding hydrogens is 220 g/mol. The van der Waals surface area contributed by atoms with Crippen LogP contribution in [0.2, 0.25) is 0 Å². The molecule has 0 fully saturated rings. The van der Waals surface area contributed by atoms with Crippen molar-refractivity contribution >= 4 is 12.0 Å². The van der Waals surface area contributed by atoms with Gasteiger partial charge in [-0.1, -0.05) is 13.8 Å². The predicted octanol–water partition coefficient (Wildman–Crippen LogP) is 1.67. The second kappa shape index (κ2) is 6.47. The number of nitrogens with one attached hydrogen (secondary N) is 2. The third-order valence-electron chi connectivity index (χ3n) is 1.97. The molecule has 0 aliphatic carbocycles. The van der Waals surface area contributed by atoms with Gasteiger partial charge >= 0.3 is 6.09 Å². The zero-order valence-corrected chi connectivity index (χ0v) is 11.6. The van der Waals surface area contributed by atoms with Crippen LogP contribution < -0.4 is 10.6 Å². The standard InChI is InChI=1S/C12H24N2O3/c1-7-13-10(15)9(8(2)3)14-11(16)17-12(4,5)6/h8-9H,7H2,1-6H3,(H,13,15)(H,14,16). The molecular formula is C12H24N2O3. The van der Waals surface area contributed by atoms with E-state index in [0.29, 0.717) is 6.54 Å². The third-order valence-corrected chi connectivity index (χ3v) is 1.97. The van der Waals surface area contributed by atoms with Crippen molar-refractivity contribution in [2.24, 2.45) is 5.92 Å². The van der Waals surface area contributed by atoms with Crippen molar-refractivity contribution in [3.63, 3.8) is 0 Å². The molecule has 0 saturated carbocycles. The number of carbonyl (C=O) groups excluding carboxylic acids is 2. The van der Waals surface area contributed by atoms with Gasteiger partial charge in [0.25, 0.3) is 0 Å². The van der Waals surface area contributed by atoms with E-state index in [1.54, 1.807) is 20.8 Å². The van der Waals surface area contributed by atoms with Crippen molar-refractivity contribution in [2.75, 3.05) is 6.54 Å². The molecule has 1 unspecified atom stereocenters. The summed E-state index contributed by atoms with van der Waals surface area (Å²) in [4.78, 5) is 23.3. The highest BCUT2D eigenvalue weighted by molar-refractivity contribution is 5.85. The highest BCUT2D eigenvalue weighted by Gasteiger charge is 2.26. The van der Waals surface area contributed by atoms with Gasteiger partial charge in [-0.25, -0.2) is 4.79 Å². The van der Waals surface area contributed by atoms with Gasteiger partial charge in [-0.2, -0.15) is 0 Å². The Labute approximate surface area is 103 Å². The molecule has 0 aliphatic rings. The lowest BCUT2D eigenvalue weighted by Gasteiger charge is -2.25. The number of hydrogen-bond acceptors (Lipinski definition) is 3. The molecule has 0 saturated heterocycles. The zero-order valence-electron chi connectivity index (χ0n) is 11.6. The summed E-state index contributed by atoms with van der Waals surface area (Å²) in [5, 5.41) is 5.27. The Bertz CT molecular complexity index is 269. The van der Waals surface area contributed by atoms with Crippen LogP contribution in [0.25, 0.3) is 0 Å². The van der Waals surface area contributed by atoms with E-state index >= 15 is 0 Å². The average molecular weight is 244 g/mol. The molecule has 0 aromatic carbocycles. The van der Waals surface area contributed by atoms with Gasteiger partial charge in [0.15, 0.2) is 0 Å². The summed E-state index contributed by atoms with van der Waals surface area (Å²) in [5.74, 6) is -0.178. The fraction of sp³-hybridized carbons (Fsp3) is 0.833. The number of amides is 2. The molecule has 0 aromatic rings. The zero-order chi connectivity index (χ0) is 13.6. The molecule has 17 heavy (non-hydrogen) atoms. The molecule has 5 heteroatoms. The lowest BCUT2D eigenvalue weighted by Crippen LogP contribution is -2.50. The van der Waals surface area contributed by atoms with Gasteiger partial charge in [0, 0.05) is 6.54 Å². The van der Waals surface area contributed by atoms with Crippen molar-refractivity contribution < 1.29 is 14.3 Å². The first-order chi connectivity index (χ1) is 7.67. The Balaban J connectivity index is 4.46. The molecule has 0 aliphatic heterocycles. The van der Waals surface area contributed by atoms with Crippen LogP contribution in [0.15, 0.2) is 0 Å². The molecule has 5 nitrogen and oxygen atoms in total. The number of alkyl carbamates (subject to hydrolysis) is 1. The number of carbonyl (C=O) groups is 2. The lowest BCUT2D eigenvalue weighted by molar-refractivity contribution is -0.124. The number of likely N-dealkylation sites (N-methyl/N-ethyl adjacent to an activating group) is 1.